The van der Waals surface area contributed by atoms with Crippen LogP contribution < -0.4 is 0 Å². The van der Waals surface area contributed by atoms with Gasteiger partial charge in [-0.3, -0.25) is 14.9 Å². The number of ether oxygens (including phenoxy) is 2. The van der Waals surface area contributed by atoms with E-state index in [1.54, 1.807) is 0 Å². The van der Waals surface area contributed by atoms with E-state index >= 15 is 0 Å². The molecule has 2 heterocycles. The number of carbonyl (C=O) groups excluding carboxylic acids is 1. The minimum absolute atomic E-state index is 0.143. The fraction of sp³-hybridized carbons (Fsp3) is 0.533. The van der Waals surface area contributed by atoms with Crippen LogP contribution in [0.2, 0.25) is 0 Å². The van der Waals surface area contributed by atoms with Crippen molar-refractivity contribution in [3.63, 3.8) is 0 Å². The van der Waals surface area contributed by atoms with E-state index in [4.69, 9.17) is 9.47 Å². The number of esters is 1. The summed E-state index contributed by atoms with van der Waals surface area (Å²) in [4.78, 5) is 22.2. The molecule has 0 aliphatic carbocycles. The average Bonchev–Trinajstić information content (AvgIpc) is 3.01. The molecular weight excluding hydrogens is 352 g/mol. The summed E-state index contributed by atoms with van der Waals surface area (Å²) in [6.45, 7) is 0.373. The topological polar surface area (TPSA) is 116 Å². The molecule has 10 heteroatoms. The summed E-state index contributed by atoms with van der Waals surface area (Å²) in [6, 6.07) is 4.02. The molecule has 0 aromatic heterocycles. The molecule has 1 aromatic carbocycles. The van der Waals surface area contributed by atoms with Crippen LogP contribution in [0.4, 0.5) is 5.69 Å². The first-order valence-corrected chi connectivity index (χ1v) is 9.28. The van der Waals surface area contributed by atoms with E-state index in [0.29, 0.717) is 6.61 Å². The van der Waals surface area contributed by atoms with E-state index in [9.17, 15) is 23.3 Å². The van der Waals surface area contributed by atoms with Gasteiger partial charge in [-0.1, -0.05) is 12.1 Å². The first-order chi connectivity index (χ1) is 11.9. The summed E-state index contributed by atoms with van der Waals surface area (Å²) in [6.07, 6.45) is 0.954. The van der Waals surface area contributed by atoms with E-state index in [-0.39, 0.29) is 12.3 Å². The van der Waals surface area contributed by atoms with Crippen molar-refractivity contribution in [2.24, 2.45) is 5.92 Å². The van der Waals surface area contributed by atoms with Crippen LogP contribution in [0.3, 0.4) is 0 Å². The van der Waals surface area contributed by atoms with Crippen molar-refractivity contribution in [2.45, 2.75) is 36.4 Å². The van der Waals surface area contributed by atoms with Crippen LogP contribution in [-0.2, 0) is 24.3 Å². The first kappa shape index (κ1) is 17.8. The van der Waals surface area contributed by atoms with Crippen molar-refractivity contribution >= 4 is 21.7 Å². The molecule has 3 atom stereocenters. The Kier molecular flexibility index (Phi) is 4.76. The maximum Gasteiger partial charge on any atom is 0.324 e. The van der Waals surface area contributed by atoms with Crippen LogP contribution >= 0.6 is 0 Å². The fourth-order valence-corrected chi connectivity index (χ4v) is 5.39. The standard InChI is InChI=1S/C15H18N2O7S/c1-23-15(18)12-9-10-5-4-8-24-14(10)16(12)25(21,22)13-7-3-2-6-11(13)17(19)20/h2-3,6-7,10,12,14H,4-5,8-9H2,1H3. The molecule has 0 bridgehead atoms. The zero-order valence-electron chi connectivity index (χ0n) is 13.5. The number of carbonyl (C=O) groups is 1. The molecule has 9 nitrogen and oxygen atoms in total. The van der Waals surface area contributed by atoms with E-state index in [0.717, 1.165) is 29.3 Å². The van der Waals surface area contributed by atoms with Crippen molar-refractivity contribution in [2.75, 3.05) is 13.7 Å². The van der Waals surface area contributed by atoms with Gasteiger partial charge in [-0.25, -0.2) is 8.42 Å². The Labute approximate surface area is 144 Å². The Morgan fingerprint density at radius 1 is 1.40 bits per heavy atom. The number of rotatable bonds is 4. The van der Waals surface area contributed by atoms with Gasteiger partial charge in [0.05, 0.1) is 12.0 Å². The smallest absolute Gasteiger partial charge is 0.324 e. The lowest BCUT2D eigenvalue weighted by molar-refractivity contribution is -0.387. The summed E-state index contributed by atoms with van der Waals surface area (Å²) in [5, 5.41) is 11.2. The van der Waals surface area contributed by atoms with Crippen LogP contribution in [0, 0.1) is 16.0 Å². The Hall–Kier alpha value is -2.04. The Morgan fingerprint density at radius 2 is 2.12 bits per heavy atom. The van der Waals surface area contributed by atoms with Crippen molar-refractivity contribution in [1.82, 2.24) is 4.31 Å². The molecule has 0 amide bonds. The Balaban J connectivity index is 2.10. The highest BCUT2D eigenvalue weighted by Crippen LogP contribution is 2.41. The van der Waals surface area contributed by atoms with Crippen LogP contribution in [0.1, 0.15) is 19.3 Å². The molecule has 2 fully saturated rings. The number of benzene rings is 1. The third-order valence-electron chi connectivity index (χ3n) is 4.59. The second-order valence-corrected chi connectivity index (χ2v) is 7.81. The molecule has 2 aliphatic rings. The molecule has 25 heavy (non-hydrogen) atoms. The quantitative estimate of drug-likeness (QED) is 0.445. The summed E-state index contributed by atoms with van der Waals surface area (Å²) >= 11 is 0. The molecule has 2 saturated heterocycles. The molecule has 2 aliphatic heterocycles. The normalized spacial score (nSPS) is 26.8. The molecular formula is C15H18N2O7S. The molecule has 0 spiro atoms. The number of hydrogen-bond acceptors (Lipinski definition) is 7. The number of nitro groups is 1. The number of methoxy groups -OCH3 is 1. The van der Waals surface area contributed by atoms with Crippen molar-refractivity contribution in [3.05, 3.63) is 34.4 Å². The van der Waals surface area contributed by atoms with E-state index in [2.05, 4.69) is 0 Å². The van der Waals surface area contributed by atoms with Crippen LogP contribution in [-0.4, -0.2) is 49.6 Å². The van der Waals surface area contributed by atoms with Crippen LogP contribution in [0.25, 0.3) is 0 Å². The van der Waals surface area contributed by atoms with Gasteiger partial charge < -0.3 is 9.47 Å². The van der Waals surface area contributed by atoms with Gasteiger partial charge in [-0.05, 0) is 25.3 Å². The molecule has 3 unspecified atom stereocenters. The lowest BCUT2D eigenvalue weighted by Gasteiger charge is -2.32. The fourth-order valence-electron chi connectivity index (χ4n) is 3.49. The van der Waals surface area contributed by atoms with Gasteiger partial charge in [0, 0.05) is 18.6 Å². The Morgan fingerprint density at radius 3 is 2.80 bits per heavy atom. The summed E-state index contributed by atoms with van der Waals surface area (Å²) < 4.78 is 37.7. The third-order valence-corrected chi connectivity index (χ3v) is 6.50. The van der Waals surface area contributed by atoms with Gasteiger partial charge in [0.1, 0.15) is 12.3 Å². The van der Waals surface area contributed by atoms with Gasteiger partial charge in [0.25, 0.3) is 15.7 Å². The van der Waals surface area contributed by atoms with Crippen LogP contribution in [0.15, 0.2) is 29.2 Å². The number of hydrogen-bond donors (Lipinski definition) is 0. The van der Waals surface area contributed by atoms with E-state index in [1.165, 1.54) is 19.2 Å². The van der Waals surface area contributed by atoms with Crippen LogP contribution in [0.5, 0.6) is 0 Å². The second kappa shape index (κ2) is 6.70. The van der Waals surface area contributed by atoms with Crippen molar-refractivity contribution in [1.29, 1.82) is 0 Å². The van der Waals surface area contributed by atoms with Gasteiger partial charge in [0.15, 0.2) is 4.90 Å². The van der Waals surface area contributed by atoms with Crippen molar-refractivity contribution in [3.8, 4) is 0 Å². The molecule has 136 valence electrons. The molecule has 0 N–H and O–H groups in total. The van der Waals surface area contributed by atoms with Gasteiger partial charge in [-0.2, -0.15) is 4.31 Å². The van der Waals surface area contributed by atoms with Gasteiger partial charge in [-0.15, -0.1) is 0 Å². The summed E-state index contributed by atoms with van der Waals surface area (Å²) in [5.74, 6) is -0.837. The predicted octanol–water partition coefficient (Wildman–Crippen LogP) is 1.28. The van der Waals surface area contributed by atoms with E-state index in [1.807, 2.05) is 0 Å². The summed E-state index contributed by atoms with van der Waals surface area (Å²) in [5.41, 5.74) is -0.537. The molecule has 0 saturated carbocycles. The minimum Gasteiger partial charge on any atom is -0.468 e. The largest absolute Gasteiger partial charge is 0.468 e. The van der Waals surface area contributed by atoms with Gasteiger partial charge in [0.2, 0.25) is 0 Å². The lowest BCUT2D eigenvalue weighted by Crippen LogP contribution is -2.48. The molecule has 1 aromatic rings. The van der Waals surface area contributed by atoms with Gasteiger partial charge >= 0.3 is 5.97 Å². The number of fused-ring (bicyclic) bond motifs is 1. The number of nitrogens with zero attached hydrogens (tertiary/aromatic N) is 2. The zero-order chi connectivity index (χ0) is 18.2. The zero-order valence-corrected chi connectivity index (χ0v) is 14.3. The highest BCUT2D eigenvalue weighted by Gasteiger charge is 2.53. The van der Waals surface area contributed by atoms with Crippen molar-refractivity contribution < 1.29 is 27.6 Å². The van der Waals surface area contributed by atoms with E-state index < -0.39 is 43.8 Å². The highest BCUT2D eigenvalue weighted by atomic mass is 32.2. The number of para-hydroxylation sites is 1. The highest BCUT2D eigenvalue weighted by molar-refractivity contribution is 7.89. The summed E-state index contributed by atoms with van der Waals surface area (Å²) in [7, 11) is -3.14. The second-order valence-electron chi connectivity index (χ2n) is 6.00. The minimum atomic E-state index is -4.32. The SMILES string of the molecule is COC(=O)C1CC2CCCOC2N1S(=O)(=O)c1ccccc1[N+](=O)[O-]. The monoisotopic (exact) mass is 370 g/mol. The molecule has 3 rings (SSSR count). The number of sulfonamides is 1. The number of nitro benzene ring substituents is 1. The maximum atomic E-state index is 13.2. The molecule has 0 radical (unpaired) electrons. The average molecular weight is 370 g/mol. The predicted molar refractivity (Wildman–Crippen MR) is 85.0 cm³/mol. The Bertz CT molecular complexity index is 795. The lowest BCUT2D eigenvalue weighted by atomic mass is 9.97. The first-order valence-electron chi connectivity index (χ1n) is 7.84. The third kappa shape index (κ3) is 3.00. The maximum absolute atomic E-state index is 13.2.